The third-order valence-electron chi connectivity index (χ3n) is 3.19. The van der Waals surface area contributed by atoms with Gasteiger partial charge in [-0.05, 0) is 23.7 Å². The van der Waals surface area contributed by atoms with Gasteiger partial charge in [0.25, 0.3) is 0 Å². The maximum Gasteiger partial charge on any atom is -0.0380 e. The molecule has 0 aromatic heterocycles. The Morgan fingerprint density at radius 1 is 1.07 bits per heavy atom. The summed E-state index contributed by atoms with van der Waals surface area (Å²) in [4.78, 5) is 0. The van der Waals surface area contributed by atoms with Gasteiger partial charge in [0.15, 0.2) is 0 Å². The van der Waals surface area contributed by atoms with E-state index in [1.54, 1.807) is 0 Å². The highest BCUT2D eigenvalue weighted by Gasteiger charge is 2.21. The molecule has 2 atom stereocenters. The first-order valence-corrected chi connectivity index (χ1v) is 6.40. The van der Waals surface area contributed by atoms with Crippen molar-refractivity contribution in [3.63, 3.8) is 0 Å². The largest absolute Gasteiger partial charge is 0.0654 e. The summed E-state index contributed by atoms with van der Waals surface area (Å²) in [6.07, 6.45) is 6.92. The molecule has 0 saturated carbocycles. The molecule has 0 fully saturated rings. The Balaban J connectivity index is 3.97. The number of rotatable bonds is 6. The topological polar surface area (TPSA) is 0 Å². The van der Waals surface area contributed by atoms with E-state index in [1.807, 2.05) is 0 Å². The lowest BCUT2D eigenvalue weighted by molar-refractivity contribution is 0.221. The standard InChI is InChI=1S/C14H30/c1-7-9-10-13(8-2)12(3)11-14(4,5)6/h12-13H,7-11H2,1-6H3. The van der Waals surface area contributed by atoms with Crippen LogP contribution in [0.2, 0.25) is 0 Å². The van der Waals surface area contributed by atoms with Crippen molar-refractivity contribution < 1.29 is 0 Å². The molecule has 0 heteroatoms. The lowest BCUT2D eigenvalue weighted by Gasteiger charge is -2.29. The molecule has 0 radical (unpaired) electrons. The van der Waals surface area contributed by atoms with Gasteiger partial charge in [0, 0.05) is 0 Å². The normalized spacial score (nSPS) is 16.7. The van der Waals surface area contributed by atoms with Crippen molar-refractivity contribution in [3.8, 4) is 0 Å². The van der Waals surface area contributed by atoms with Crippen molar-refractivity contribution in [3.05, 3.63) is 0 Å². The van der Waals surface area contributed by atoms with Gasteiger partial charge >= 0.3 is 0 Å². The summed E-state index contributed by atoms with van der Waals surface area (Å²) >= 11 is 0. The molecule has 0 aliphatic heterocycles. The molecule has 14 heavy (non-hydrogen) atoms. The fourth-order valence-corrected chi connectivity index (χ4v) is 2.49. The molecule has 0 aliphatic rings. The third-order valence-corrected chi connectivity index (χ3v) is 3.19. The summed E-state index contributed by atoms with van der Waals surface area (Å²) in [7, 11) is 0. The van der Waals surface area contributed by atoms with Crippen molar-refractivity contribution in [2.75, 3.05) is 0 Å². The van der Waals surface area contributed by atoms with E-state index in [0.29, 0.717) is 5.41 Å². The van der Waals surface area contributed by atoms with Crippen LogP contribution in [0.15, 0.2) is 0 Å². The first kappa shape index (κ1) is 14.0. The van der Waals surface area contributed by atoms with Gasteiger partial charge < -0.3 is 0 Å². The molecule has 0 aromatic carbocycles. The lowest BCUT2D eigenvalue weighted by atomic mass is 9.77. The fourth-order valence-electron chi connectivity index (χ4n) is 2.49. The van der Waals surface area contributed by atoms with Crippen molar-refractivity contribution in [1.29, 1.82) is 0 Å². The summed E-state index contributed by atoms with van der Waals surface area (Å²) in [6, 6.07) is 0. The fraction of sp³-hybridized carbons (Fsp3) is 1.00. The molecule has 86 valence electrons. The smallest absolute Gasteiger partial charge is 0.0380 e. The van der Waals surface area contributed by atoms with Crippen LogP contribution >= 0.6 is 0 Å². The van der Waals surface area contributed by atoms with Crippen molar-refractivity contribution in [2.24, 2.45) is 17.3 Å². The second kappa shape index (κ2) is 6.48. The molecule has 0 spiro atoms. The van der Waals surface area contributed by atoms with Crippen LogP contribution in [0, 0.1) is 17.3 Å². The van der Waals surface area contributed by atoms with E-state index in [4.69, 9.17) is 0 Å². The average Bonchev–Trinajstić information content (AvgIpc) is 2.02. The molecule has 0 aliphatic carbocycles. The molecule has 0 N–H and O–H groups in total. The van der Waals surface area contributed by atoms with Crippen LogP contribution < -0.4 is 0 Å². The number of hydrogen-bond donors (Lipinski definition) is 0. The van der Waals surface area contributed by atoms with Crippen LogP contribution in [0.25, 0.3) is 0 Å². The SMILES string of the molecule is CCCCC(CC)C(C)CC(C)(C)C. The van der Waals surface area contributed by atoms with Crippen LogP contribution in [-0.2, 0) is 0 Å². The Bertz CT molecular complexity index is 129. The van der Waals surface area contributed by atoms with E-state index >= 15 is 0 Å². The average molecular weight is 198 g/mol. The zero-order valence-corrected chi connectivity index (χ0v) is 11.2. The Hall–Kier alpha value is 0. The molecule has 0 saturated heterocycles. The Labute approximate surface area is 91.5 Å². The predicted octanol–water partition coefficient (Wildman–Crippen LogP) is 5.28. The third kappa shape index (κ3) is 6.45. The minimum Gasteiger partial charge on any atom is -0.0654 e. The Kier molecular flexibility index (Phi) is 6.48. The Morgan fingerprint density at radius 2 is 1.64 bits per heavy atom. The first-order chi connectivity index (χ1) is 6.40. The van der Waals surface area contributed by atoms with Crippen molar-refractivity contribution in [1.82, 2.24) is 0 Å². The Morgan fingerprint density at radius 3 is 2.00 bits per heavy atom. The molecule has 0 heterocycles. The summed E-state index contributed by atoms with van der Waals surface area (Å²) in [5.41, 5.74) is 0.499. The maximum atomic E-state index is 2.44. The first-order valence-electron chi connectivity index (χ1n) is 6.40. The van der Waals surface area contributed by atoms with E-state index in [2.05, 4.69) is 41.5 Å². The summed E-state index contributed by atoms with van der Waals surface area (Å²) in [5, 5.41) is 0. The van der Waals surface area contributed by atoms with Gasteiger partial charge in [-0.2, -0.15) is 0 Å². The molecule has 0 rings (SSSR count). The minimum atomic E-state index is 0.499. The van der Waals surface area contributed by atoms with Crippen molar-refractivity contribution in [2.45, 2.75) is 73.6 Å². The van der Waals surface area contributed by atoms with Crippen LogP contribution in [-0.4, -0.2) is 0 Å². The highest BCUT2D eigenvalue weighted by atomic mass is 14.3. The number of hydrogen-bond acceptors (Lipinski definition) is 0. The maximum absolute atomic E-state index is 2.44. The summed E-state index contributed by atoms with van der Waals surface area (Å²) < 4.78 is 0. The van der Waals surface area contributed by atoms with Gasteiger partial charge in [-0.15, -0.1) is 0 Å². The van der Waals surface area contributed by atoms with Gasteiger partial charge in [0.1, 0.15) is 0 Å². The quantitative estimate of drug-likeness (QED) is 0.545. The molecular weight excluding hydrogens is 168 g/mol. The molecule has 0 nitrogen and oxygen atoms in total. The lowest BCUT2D eigenvalue weighted by Crippen LogP contribution is -2.18. The van der Waals surface area contributed by atoms with Crippen LogP contribution in [0.3, 0.4) is 0 Å². The van der Waals surface area contributed by atoms with E-state index in [1.165, 1.54) is 32.1 Å². The van der Waals surface area contributed by atoms with E-state index in [9.17, 15) is 0 Å². The van der Waals surface area contributed by atoms with Gasteiger partial charge in [-0.1, -0.05) is 67.2 Å². The molecule has 0 amide bonds. The number of unbranched alkanes of at least 4 members (excludes halogenated alkanes) is 1. The molecule has 2 unspecified atom stereocenters. The van der Waals surface area contributed by atoms with Gasteiger partial charge in [0.2, 0.25) is 0 Å². The highest BCUT2D eigenvalue weighted by Crippen LogP contribution is 2.32. The van der Waals surface area contributed by atoms with Crippen LogP contribution in [0.4, 0.5) is 0 Å². The summed E-state index contributed by atoms with van der Waals surface area (Å²) in [5.74, 6) is 1.85. The molecular formula is C14H30. The molecule has 0 aromatic rings. The highest BCUT2D eigenvalue weighted by molar-refractivity contribution is 4.72. The van der Waals surface area contributed by atoms with Crippen LogP contribution in [0.1, 0.15) is 73.6 Å². The van der Waals surface area contributed by atoms with Gasteiger partial charge in [-0.3, -0.25) is 0 Å². The predicted molar refractivity (Wildman–Crippen MR) is 66.5 cm³/mol. The monoisotopic (exact) mass is 198 g/mol. The second-order valence-electron chi connectivity index (χ2n) is 6.05. The van der Waals surface area contributed by atoms with E-state index in [0.717, 1.165) is 11.8 Å². The summed E-state index contributed by atoms with van der Waals surface area (Å²) in [6.45, 7) is 14.2. The second-order valence-corrected chi connectivity index (χ2v) is 6.05. The van der Waals surface area contributed by atoms with Crippen molar-refractivity contribution >= 4 is 0 Å². The van der Waals surface area contributed by atoms with E-state index in [-0.39, 0.29) is 0 Å². The van der Waals surface area contributed by atoms with Crippen LogP contribution in [0.5, 0.6) is 0 Å². The van der Waals surface area contributed by atoms with Gasteiger partial charge in [-0.25, -0.2) is 0 Å². The van der Waals surface area contributed by atoms with Gasteiger partial charge in [0.05, 0.1) is 0 Å². The minimum absolute atomic E-state index is 0.499. The zero-order valence-electron chi connectivity index (χ0n) is 11.2. The molecule has 0 bridgehead atoms. The van der Waals surface area contributed by atoms with E-state index < -0.39 is 0 Å². The zero-order chi connectivity index (χ0) is 11.2.